The molecule has 1 N–H and O–H groups in total. The number of benzene rings is 1. The van der Waals surface area contributed by atoms with Gasteiger partial charge in [-0.1, -0.05) is 18.2 Å². The first kappa shape index (κ1) is 14.1. The summed E-state index contributed by atoms with van der Waals surface area (Å²) in [6.07, 6.45) is 8.62. The molecule has 0 radical (unpaired) electrons. The summed E-state index contributed by atoms with van der Waals surface area (Å²) in [5.74, 6) is 1.92. The molecule has 0 unspecified atom stereocenters. The van der Waals surface area contributed by atoms with E-state index in [2.05, 4.69) is 33.0 Å². The van der Waals surface area contributed by atoms with E-state index in [1.54, 1.807) is 4.68 Å². The number of aromatic nitrogens is 4. The molecule has 6 heteroatoms. The molecule has 1 fully saturated rings. The Morgan fingerprint density at radius 3 is 2.96 bits per heavy atom. The van der Waals surface area contributed by atoms with Crippen LogP contribution >= 0.6 is 0 Å². The number of allylic oxidation sites excluding steroid dienone is 2. The van der Waals surface area contributed by atoms with Crippen LogP contribution in [-0.4, -0.2) is 32.7 Å². The lowest BCUT2D eigenvalue weighted by atomic mass is 9.93. The van der Waals surface area contributed by atoms with E-state index in [0.717, 1.165) is 23.7 Å². The first-order valence-corrected chi connectivity index (χ1v) is 8.01. The van der Waals surface area contributed by atoms with Gasteiger partial charge in [-0.3, -0.25) is 4.79 Å². The third-order valence-corrected chi connectivity index (χ3v) is 5.01. The number of nitrogens with one attached hydrogen (secondary N) is 1. The van der Waals surface area contributed by atoms with E-state index < -0.39 is 0 Å². The van der Waals surface area contributed by atoms with Crippen LogP contribution in [0.4, 0.5) is 0 Å². The van der Waals surface area contributed by atoms with Crippen LogP contribution in [0.3, 0.4) is 0 Å². The Morgan fingerprint density at radius 1 is 1.35 bits per heavy atom. The molecule has 1 aromatic carbocycles. The van der Waals surface area contributed by atoms with Gasteiger partial charge in [-0.15, -0.1) is 5.10 Å². The zero-order chi connectivity index (χ0) is 15.8. The van der Waals surface area contributed by atoms with E-state index in [1.165, 1.54) is 19.2 Å². The Kier molecular flexibility index (Phi) is 3.44. The first-order chi connectivity index (χ1) is 11.2. The standard InChI is InChI=1S/C17H19N5O/c1-11-2-4-14(8-16(11)22-10-19-20-21-22)17(23)18-9-15-7-12-3-5-13(15)6-12/h2-5,8,10,12-13,15H,6-7,9H2,1H3,(H,18,23)/t12-,13-,15-/m0/s1. The maximum absolute atomic E-state index is 12.5. The normalized spacial score (nSPS) is 25.0. The lowest BCUT2D eigenvalue weighted by Gasteiger charge is -2.18. The molecule has 4 rings (SSSR count). The smallest absolute Gasteiger partial charge is 0.251 e. The predicted octanol–water partition coefficient (Wildman–Crippen LogP) is 1.91. The number of carbonyl (C=O) groups excluding carboxylic acids is 1. The summed E-state index contributed by atoms with van der Waals surface area (Å²) in [5, 5.41) is 14.3. The summed E-state index contributed by atoms with van der Waals surface area (Å²) in [6.45, 7) is 2.72. The van der Waals surface area contributed by atoms with Gasteiger partial charge < -0.3 is 5.32 Å². The topological polar surface area (TPSA) is 72.7 Å². The van der Waals surface area contributed by atoms with Gasteiger partial charge in [0, 0.05) is 12.1 Å². The van der Waals surface area contributed by atoms with Crippen LogP contribution in [0, 0.1) is 24.7 Å². The molecule has 6 nitrogen and oxygen atoms in total. The minimum atomic E-state index is -0.0360. The number of hydrogen-bond donors (Lipinski definition) is 1. The van der Waals surface area contributed by atoms with Gasteiger partial charge in [0.25, 0.3) is 5.91 Å². The van der Waals surface area contributed by atoms with Crippen molar-refractivity contribution in [2.75, 3.05) is 6.54 Å². The molecule has 118 valence electrons. The summed E-state index contributed by atoms with van der Waals surface area (Å²) >= 11 is 0. The number of tetrazole rings is 1. The minimum Gasteiger partial charge on any atom is -0.352 e. The quantitative estimate of drug-likeness (QED) is 0.876. The molecule has 2 aromatic rings. The van der Waals surface area contributed by atoms with E-state index in [-0.39, 0.29) is 5.91 Å². The second kappa shape index (κ2) is 5.61. The highest BCUT2D eigenvalue weighted by Gasteiger charge is 2.35. The van der Waals surface area contributed by atoms with Crippen LogP contribution in [0.15, 0.2) is 36.7 Å². The van der Waals surface area contributed by atoms with Gasteiger partial charge in [0.2, 0.25) is 0 Å². The summed E-state index contributed by atoms with van der Waals surface area (Å²) in [7, 11) is 0. The molecule has 1 amide bonds. The van der Waals surface area contributed by atoms with Crippen LogP contribution < -0.4 is 5.32 Å². The van der Waals surface area contributed by atoms with Crippen LogP contribution in [0.5, 0.6) is 0 Å². The maximum atomic E-state index is 12.5. The van der Waals surface area contributed by atoms with E-state index in [1.807, 2.05) is 25.1 Å². The summed E-state index contributed by atoms with van der Waals surface area (Å²) in [6, 6.07) is 5.60. The molecule has 1 saturated carbocycles. The number of fused-ring (bicyclic) bond motifs is 2. The van der Waals surface area contributed by atoms with Crippen LogP contribution in [0.1, 0.15) is 28.8 Å². The molecule has 1 heterocycles. The van der Waals surface area contributed by atoms with Gasteiger partial charge in [-0.2, -0.15) is 0 Å². The highest BCUT2D eigenvalue weighted by atomic mass is 16.1. The van der Waals surface area contributed by atoms with E-state index in [9.17, 15) is 4.79 Å². The Labute approximate surface area is 134 Å². The van der Waals surface area contributed by atoms with Crippen molar-refractivity contribution in [1.82, 2.24) is 25.5 Å². The molecule has 23 heavy (non-hydrogen) atoms. The summed E-state index contributed by atoms with van der Waals surface area (Å²) < 4.78 is 1.58. The van der Waals surface area contributed by atoms with Crippen molar-refractivity contribution in [3.8, 4) is 5.69 Å². The van der Waals surface area contributed by atoms with Crippen molar-refractivity contribution < 1.29 is 4.79 Å². The van der Waals surface area contributed by atoms with Crippen LogP contribution in [0.2, 0.25) is 0 Å². The molecule has 2 bridgehead atoms. The van der Waals surface area contributed by atoms with Gasteiger partial charge in [0.15, 0.2) is 0 Å². The fourth-order valence-corrected chi connectivity index (χ4v) is 3.72. The third-order valence-electron chi connectivity index (χ3n) is 5.01. The number of carbonyl (C=O) groups is 1. The summed E-state index contributed by atoms with van der Waals surface area (Å²) in [5.41, 5.74) is 2.48. The third kappa shape index (κ3) is 2.65. The van der Waals surface area contributed by atoms with Gasteiger partial charge in [-0.05, 0) is 65.6 Å². The van der Waals surface area contributed by atoms with Crippen molar-refractivity contribution in [3.63, 3.8) is 0 Å². The number of rotatable bonds is 4. The Morgan fingerprint density at radius 2 is 2.26 bits per heavy atom. The second-order valence-corrected chi connectivity index (χ2v) is 6.51. The highest BCUT2D eigenvalue weighted by Crippen LogP contribution is 2.42. The fourth-order valence-electron chi connectivity index (χ4n) is 3.72. The first-order valence-electron chi connectivity index (χ1n) is 8.01. The lowest BCUT2D eigenvalue weighted by Crippen LogP contribution is -2.31. The van der Waals surface area contributed by atoms with Crippen molar-refractivity contribution >= 4 is 5.91 Å². The molecular weight excluding hydrogens is 290 g/mol. The summed E-state index contributed by atoms with van der Waals surface area (Å²) in [4.78, 5) is 12.5. The average Bonchev–Trinajstić information content (AvgIpc) is 3.30. The van der Waals surface area contributed by atoms with Crippen molar-refractivity contribution in [3.05, 3.63) is 47.8 Å². The van der Waals surface area contributed by atoms with E-state index in [0.29, 0.717) is 17.4 Å². The minimum absolute atomic E-state index is 0.0360. The zero-order valence-electron chi connectivity index (χ0n) is 13.0. The molecule has 1 aromatic heterocycles. The van der Waals surface area contributed by atoms with Crippen molar-refractivity contribution in [1.29, 1.82) is 0 Å². The van der Waals surface area contributed by atoms with E-state index in [4.69, 9.17) is 0 Å². The zero-order valence-corrected chi connectivity index (χ0v) is 13.0. The fraction of sp³-hybridized carbons (Fsp3) is 0.412. The Balaban J connectivity index is 1.46. The Bertz CT molecular complexity index is 752. The van der Waals surface area contributed by atoms with Crippen LogP contribution in [0.25, 0.3) is 5.69 Å². The second-order valence-electron chi connectivity index (χ2n) is 6.51. The molecule has 2 aliphatic rings. The SMILES string of the molecule is Cc1ccc(C(=O)NC[C@@H]2C[C@H]3C=C[C@H]2C3)cc1-n1cnnn1. The lowest BCUT2D eigenvalue weighted by molar-refractivity contribution is 0.0945. The predicted molar refractivity (Wildman–Crippen MR) is 85.1 cm³/mol. The Hall–Kier alpha value is -2.50. The largest absolute Gasteiger partial charge is 0.352 e. The molecule has 0 saturated heterocycles. The number of nitrogens with zero attached hydrogens (tertiary/aromatic N) is 4. The molecule has 0 aliphatic heterocycles. The molecule has 2 aliphatic carbocycles. The van der Waals surface area contributed by atoms with Gasteiger partial charge in [0.1, 0.15) is 6.33 Å². The van der Waals surface area contributed by atoms with Crippen molar-refractivity contribution in [2.45, 2.75) is 19.8 Å². The number of hydrogen-bond acceptors (Lipinski definition) is 4. The van der Waals surface area contributed by atoms with E-state index >= 15 is 0 Å². The van der Waals surface area contributed by atoms with Gasteiger partial charge in [-0.25, -0.2) is 4.68 Å². The average molecular weight is 309 g/mol. The number of aryl methyl sites for hydroxylation is 1. The van der Waals surface area contributed by atoms with Gasteiger partial charge in [0.05, 0.1) is 5.69 Å². The molecule has 3 atom stereocenters. The highest BCUT2D eigenvalue weighted by molar-refractivity contribution is 5.94. The molecular formula is C17H19N5O. The van der Waals surface area contributed by atoms with Crippen molar-refractivity contribution in [2.24, 2.45) is 17.8 Å². The van der Waals surface area contributed by atoms with Gasteiger partial charge >= 0.3 is 0 Å². The molecule has 0 spiro atoms. The number of amides is 1. The monoisotopic (exact) mass is 309 g/mol. The van der Waals surface area contributed by atoms with Crippen LogP contribution in [-0.2, 0) is 0 Å². The maximum Gasteiger partial charge on any atom is 0.251 e.